The van der Waals surface area contributed by atoms with Crippen LogP contribution in [0.5, 0.6) is 0 Å². The SMILES string of the molecule is CCCC1(n2cc(-c3nc(-c4cnn(C)c4)cc4nccn34)cn2)CN(S(=O)(=O)C(F)(F)F)C1. The molecule has 0 amide bonds. The van der Waals surface area contributed by atoms with Crippen molar-refractivity contribution in [1.29, 1.82) is 0 Å². The number of sulfonamides is 1. The van der Waals surface area contributed by atoms with Crippen LogP contribution in [0.1, 0.15) is 19.8 Å². The van der Waals surface area contributed by atoms with Crippen molar-refractivity contribution < 1.29 is 21.6 Å². The minimum atomic E-state index is -5.38. The molecule has 0 radical (unpaired) electrons. The maximum absolute atomic E-state index is 13.0. The van der Waals surface area contributed by atoms with Gasteiger partial charge < -0.3 is 0 Å². The molecule has 1 aliphatic heterocycles. The van der Waals surface area contributed by atoms with Crippen molar-refractivity contribution in [1.82, 2.24) is 38.2 Å². The second-order valence-electron chi connectivity index (χ2n) is 8.39. The maximum atomic E-state index is 13.0. The molecule has 0 aromatic carbocycles. The Bertz CT molecular complexity index is 1460. The van der Waals surface area contributed by atoms with Gasteiger partial charge in [0, 0.05) is 56.6 Å². The van der Waals surface area contributed by atoms with Gasteiger partial charge in [-0.1, -0.05) is 13.3 Å². The second kappa shape index (κ2) is 7.63. The normalized spacial score (nSPS) is 16.7. The van der Waals surface area contributed by atoms with E-state index in [1.54, 1.807) is 51.8 Å². The van der Waals surface area contributed by atoms with Gasteiger partial charge >= 0.3 is 15.5 Å². The number of hydrogen-bond acceptors (Lipinski definition) is 6. The molecule has 4 aromatic rings. The smallest absolute Gasteiger partial charge is 0.284 e. The van der Waals surface area contributed by atoms with Gasteiger partial charge in [-0.3, -0.25) is 13.8 Å². The summed E-state index contributed by atoms with van der Waals surface area (Å²) < 4.78 is 68.1. The number of rotatable bonds is 6. The van der Waals surface area contributed by atoms with Crippen LogP contribution in [0.2, 0.25) is 0 Å². The maximum Gasteiger partial charge on any atom is 0.511 e. The zero-order chi connectivity index (χ0) is 24.3. The lowest BCUT2D eigenvalue weighted by Gasteiger charge is -2.49. The highest BCUT2D eigenvalue weighted by Gasteiger charge is 2.58. The minimum Gasteiger partial charge on any atom is -0.284 e. The lowest BCUT2D eigenvalue weighted by Crippen LogP contribution is -2.65. The Kier molecular flexibility index (Phi) is 5.06. The highest BCUT2D eigenvalue weighted by molar-refractivity contribution is 7.90. The largest absolute Gasteiger partial charge is 0.511 e. The monoisotopic (exact) mass is 494 g/mol. The third-order valence-corrected chi connectivity index (χ3v) is 7.53. The van der Waals surface area contributed by atoms with E-state index in [2.05, 4.69) is 15.2 Å². The van der Waals surface area contributed by atoms with Crippen molar-refractivity contribution in [3.8, 4) is 22.6 Å². The van der Waals surface area contributed by atoms with E-state index < -0.39 is 21.1 Å². The van der Waals surface area contributed by atoms with Gasteiger partial charge in [-0.15, -0.1) is 0 Å². The van der Waals surface area contributed by atoms with Crippen LogP contribution in [0.4, 0.5) is 13.2 Å². The molecule has 5 rings (SSSR count). The molecule has 0 saturated carbocycles. The molecule has 180 valence electrons. The summed E-state index contributed by atoms with van der Waals surface area (Å²) in [5, 5.41) is 8.59. The molecule has 10 nitrogen and oxygen atoms in total. The molecule has 14 heteroatoms. The molecule has 34 heavy (non-hydrogen) atoms. The number of aryl methyl sites for hydroxylation is 1. The van der Waals surface area contributed by atoms with Gasteiger partial charge in [0.25, 0.3) is 0 Å². The Hall–Kier alpha value is -3.26. The van der Waals surface area contributed by atoms with Gasteiger partial charge in [0.2, 0.25) is 0 Å². The number of nitrogens with zero attached hydrogens (tertiary/aromatic N) is 8. The van der Waals surface area contributed by atoms with E-state index >= 15 is 0 Å². The van der Waals surface area contributed by atoms with Crippen molar-refractivity contribution in [2.45, 2.75) is 30.8 Å². The molecular weight excluding hydrogens is 473 g/mol. The summed E-state index contributed by atoms with van der Waals surface area (Å²) in [7, 11) is -3.58. The molecule has 0 bridgehead atoms. The fraction of sp³-hybridized carbons (Fsp3) is 0.400. The van der Waals surface area contributed by atoms with Gasteiger partial charge in [0.05, 0.1) is 29.2 Å². The topological polar surface area (TPSA) is 103 Å². The first-order valence-corrected chi connectivity index (χ1v) is 11.9. The van der Waals surface area contributed by atoms with Crippen LogP contribution in [0.25, 0.3) is 28.3 Å². The van der Waals surface area contributed by atoms with Gasteiger partial charge in [-0.25, -0.2) is 18.4 Å². The molecule has 4 aromatic heterocycles. The molecule has 1 aliphatic rings. The van der Waals surface area contributed by atoms with Gasteiger partial charge in [0.1, 0.15) is 11.5 Å². The molecule has 5 heterocycles. The fourth-order valence-electron chi connectivity index (χ4n) is 4.34. The fourth-order valence-corrected chi connectivity index (χ4v) is 5.45. The second-order valence-corrected chi connectivity index (χ2v) is 10.3. The Morgan fingerprint density at radius 3 is 2.50 bits per heavy atom. The zero-order valence-electron chi connectivity index (χ0n) is 18.3. The summed E-state index contributed by atoms with van der Waals surface area (Å²) in [4.78, 5) is 9.12. The molecule has 0 unspecified atom stereocenters. The molecule has 0 spiro atoms. The highest BCUT2D eigenvalue weighted by atomic mass is 32.2. The molecular formula is C20H21F3N8O2S. The zero-order valence-corrected chi connectivity index (χ0v) is 19.1. The summed E-state index contributed by atoms with van der Waals surface area (Å²) in [6.07, 6.45) is 11.3. The first kappa shape index (κ1) is 22.5. The van der Waals surface area contributed by atoms with Crippen molar-refractivity contribution in [2.75, 3.05) is 13.1 Å². The van der Waals surface area contributed by atoms with Crippen LogP contribution in [-0.4, -0.2) is 65.3 Å². The quantitative estimate of drug-likeness (QED) is 0.408. The van der Waals surface area contributed by atoms with E-state index in [1.165, 1.54) is 0 Å². The van der Waals surface area contributed by atoms with Crippen LogP contribution in [0.3, 0.4) is 0 Å². The summed E-state index contributed by atoms with van der Waals surface area (Å²) >= 11 is 0. The summed E-state index contributed by atoms with van der Waals surface area (Å²) in [5.41, 5.74) is -3.45. The Morgan fingerprint density at radius 1 is 1.12 bits per heavy atom. The van der Waals surface area contributed by atoms with E-state index in [1.807, 2.05) is 19.2 Å². The average Bonchev–Trinajstić information content (AvgIpc) is 3.49. The molecule has 1 fully saturated rings. The van der Waals surface area contributed by atoms with Crippen molar-refractivity contribution in [2.24, 2.45) is 7.05 Å². The number of hydrogen-bond donors (Lipinski definition) is 0. The third kappa shape index (κ3) is 3.48. The summed E-state index contributed by atoms with van der Waals surface area (Å²) in [5.74, 6) is 0.547. The Morgan fingerprint density at radius 2 is 1.85 bits per heavy atom. The summed E-state index contributed by atoms with van der Waals surface area (Å²) in [6.45, 7) is 1.29. The van der Waals surface area contributed by atoms with Crippen molar-refractivity contribution >= 4 is 15.7 Å². The molecule has 1 saturated heterocycles. The van der Waals surface area contributed by atoms with E-state index in [4.69, 9.17) is 4.98 Å². The predicted octanol–water partition coefficient (Wildman–Crippen LogP) is 2.65. The van der Waals surface area contributed by atoms with Gasteiger partial charge in [-0.2, -0.15) is 27.7 Å². The third-order valence-electron chi connectivity index (χ3n) is 6.01. The summed E-state index contributed by atoms with van der Waals surface area (Å²) in [6, 6.07) is 1.83. The molecule has 0 atom stereocenters. The standard InChI is InChI=1S/C20H21F3N8O2S/c1-3-4-19(12-29(13-19)34(32,33)20(21,22)23)31-11-15(9-26-31)18-27-16(14-8-25-28(2)10-14)7-17-24-5-6-30(17)18/h5-11H,3-4,12-13H2,1-2H3. The lowest BCUT2D eigenvalue weighted by molar-refractivity contribution is -0.0574. The van der Waals surface area contributed by atoms with Crippen LogP contribution in [-0.2, 0) is 22.6 Å². The number of halogens is 3. The number of imidazole rings is 1. The van der Waals surface area contributed by atoms with E-state index in [-0.39, 0.29) is 13.1 Å². The average molecular weight is 495 g/mol. The van der Waals surface area contributed by atoms with Crippen LogP contribution < -0.4 is 0 Å². The van der Waals surface area contributed by atoms with Crippen LogP contribution >= 0.6 is 0 Å². The van der Waals surface area contributed by atoms with Crippen molar-refractivity contribution in [3.63, 3.8) is 0 Å². The van der Waals surface area contributed by atoms with E-state index in [0.29, 0.717) is 39.9 Å². The Balaban J connectivity index is 1.52. The van der Waals surface area contributed by atoms with Crippen LogP contribution in [0.15, 0.2) is 43.2 Å². The predicted molar refractivity (Wildman–Crippen MR) is 116 cm³/mol. The van der Waals surface area contributed by atoms with E-state index in [9.17, 15) is 21.6 Å². The van der Waals surface area contributed by atoms with Crippen molar-refractivity contribution in [3.05, 3.63) is 43.2 Å². The number of aromatic nitrogens is 7. The van der Waals surface area contributed by atoms with Gasteiger partial charge in [0.15, 0.2) is 0 Å². The number of fused-ring (bicyclic) bond motifs is 1. The van der Waals surface area contributed by atoms with Crippen LogP contribution in [0, 0.1) is 0 Å². The molecule has 0 aliphatic carbocycles. The first-order valence-electron chi connectivity index (χ1n) is 10.5. The molecule has 0 N–H and O–H groups in total. The minimum absolute atomic E-state index is 0.298. The lowest BCUT2D eigenvalue weighted by atomic mass is 9.87. The first-order chi connectivity index (χ1) is 16.0. The van der Waals surface area contributed by atoms with Gasteiger partial charge in [-0.05, 0) is 6.42 Å². The highest BCUT2D eigenvalue weighted by Crippen LogP contribution is 2.40. The number of alkyl halides is 3. The van der Waals surface area contributed by atoms with E-state index in [0.717, 1.165) is 5.56 Å². The Labute approximate surface area is 192 Å².